The summed E-state index contributed by atoms with van der Waals surface area (Å²) in [6.45, 7) is 7.30. The van der Waals surface area contributed by atoms with Crippen LogP contribution in [0.15, 0.2) is 83.8 Å². The van der Waals surface area contributed by atoms with Gasteiger partial charge < -0.3 is 15.0 Å². The number of anilines is 1. The predicted molar refractivity (Wildman–Crippen MR) is 158 cm³/mol. The van der Waals surface area contributed by atoms with E-state index in [2.05, 4.69) is 5.32 Å². The lowest BCUT2D eigenvalue weighted by molar-refractivity contribution is -0.139. The van der Waals surface area contributed by atoms with Crippen LogP contribution in [-0.2, 0) is 26.0 Å². The van der Waals surface area contributed by atoms with E-state index in [0.717, 1.165) is 28.4 Å². The van der Waals surface area contributed by atoms with Crippen LogP contribution in [0.5, 0.6) is 5.75 Å². The molecule has 0 heterocycles. The number of rotatable bonds is 14. The average Bonchev–Trinajstić information content (AvgIpc) is 2.97. The molecule has 0 aromatic heterocycles. The lowest BCUT2D eigenvalue weighted by Gasteiger charge is -2.32. The van der Waals surface area contributed by atoms with Gasteiger partial charge in [-0.05, 0) is 87.7 Å². The van der Waals surface area contributed by atoms with E-state index in [9.17, 15) is 22.4 Å². The molecule has 0 bridgehead atoms. The molecule has 41 heavy (non-hydrogen) atoms. The van der Waals surface area contributed by atoms with Crippen molar-refractivity contribution in [3.05, 3.63) is 90.2 Å². The third kappa shape index (κ3) is 8.53. The van der Waals surface area contributed by atoms with E-state index in [1.165, 1.54) is 41.3 Å². The highest BCUT2D eigenvalue weighted by molar-refractivity contribution is 7.92. The molecule has 0 aliphatic carbocycles. The molecule has 1 N–H and O–H groups in total. The summed E-state index contributed by atoms with van der Waals surface area (Å²) < 4.78 is 47.8. The van der Waals surface area contributed by atoms with Crippen molar-refractivity contribution in [1.29, 1.82) is 0 Å². The second kappa shape index (κ2) is 14.6. The summed E-state index contributed by atoms with van der Waals surface area (Å²) in [6.07, 6.45) is 1.19. The minimum Gasteiger partial charge on any atom is -0.494 e. The number of nitrogens with zero attached hydrogens (tertiary/aromatic N) is 2. The highest BCUT2D eigenvalue weighted by atomic mass is 32.2. The number of halogens is 1. The number of hydrogen-bond acceptors (Lipinski definition) is 5. The van der Waals surface area contributed by atoms with E-state index in [4.69, 9.17) is 4.74 Å². The van der Waals surface area contributed by atoms with Gasteiger partial charge in [0.05, 0.1) is 17.2 Å². The number of carbonyl (C=O) groups is 2. The molecule has 10 heteroatoms. The molecule has 3 aromatic rings. The van der Waals surface area contributed by atoms with Gasteiger partial charge in [0.15, 0.2) is 0 Å². The maximum Gasteiger partial charge on any atom is 0.264 e. The Balaban J connectivity index is 1.96. The Morgan fingerprint density at radius 2 is 1.56 bits per heavy atom. The molecule has 0 fully saturated rings. The number of benzene rings is 3. The van der Waals surface area contributed by atoms with Gasteiger partial charge in [0.1, 0.15) is 24.2 Å². The van der Waals surface area contributed by atoms with E-state index < -0.39 is 34.3 Å². The smallest absolute Gasteiger partial charge is 0.264 e. The van der Waals surface area contributed by atoms with Crippen LogP contribution in [-0.4, -0.2) is 56.9 Å². The van der Waals surface area contributed by atoms with Gasteiger partial charge in [0.2, 0.25) is 11.8 Å². The number of amides is 2. The van der Waals surface area contributed by atoms with Gasteiger partial charge in [-0.25, -0.2) is 12.8 Å². The van der Waals surface area contributed by atoms with Crippen molar-refractivity contribution < 1.29 is 27.1 Å². The minimum atomic E-state index is -4.26. The number of ether oxygens (including phenoxy) is 1. The topological polar surface area (TPSA) is 96.0 Å². The van der Waals surface area contributed by atoms with Crippen LogP contribution in [0.1, 0.15) is 39.7 Å². The third-order valence-corrected chi connectivity index (χ3v) is 8.56. The molecule has 2 unspecified atom stereocenters. The molecule has 0 saturated heterocycles. The maximum absolute atomic E-state index is 13.9. The Morgan fingerprint density at radius 3 is 2.15 bits per heavy atom. The normalized spacial score (nSPS) is 12.7. The number of hydrogen-bond donors (Lipinski definition) is 1. The molecule has 3 aromatic carbocycles. The molecular weight excluding hydrogens is 545 g/mol. The molecule has 0 spiro atoms. The zero-order valence-electron chi connectivity index (χ0n) is 23.9. The number of carbonyl (C=O) groups excluding carboxylic acids is 2. The van der Waals surface area contributed by atoms with E-state index in [1.807, 2.05) is 51.1 Å². The second-order valence-corrected chi connectivity index (χ2v) is 11.6. The standard InChI is InChI=1S/C31H38FN3O5S/c1-5-23(3)33-31(37)24(4)34(21-20-25-10-8-7-9-11-25)30(36)22-35(27-14-12-26(32)13-15-27)41(38,39)29-18-16-28(17-19-29)40-6-2/h7-19,23-24H,5-6,20-22H2,1-4H3,(H,33,37). The van der Waals surface area contributed by atoms with Crippen molar-refractivity contribution in [3.63, 3.8) is 0 Å². The summed E-state index contributed by atoms with van der Waals surface area (Å²) in [5, 5.41) is 2.91. The summed E-state index contributed by atoms with van der Waals surface area (Å²) in [4.78, 5) is 28.3. The van der Waals surface area contributed by atoms with Gasteiger partial charge in [-0.1, -0.05) is 37.3 Å². The van der Waals surface area contributed by atoms with E-state index in [1.54, 1.807) is 6.92 Å². The monoisotopic (exact) mass is 583 g/mol. The highest BCUT2D eigenvalue weighted by Crippen LogP contribution is 2.26. The Labute approximate surface area is 242 Å². The fourth-order valence-corrected chi connectivity index (χ4v) is 5.59. The maximum atomic E-state index is 13.9. The Morgan fingerprint density at radius 1 is 0.927 bits per heavy atom. The van der Waals surface area contributed by atoms with Crippen LogP contribution in [0.3, 0.4) is 0 Å². The van der Waals surface area contributed by atoms with Crippen LogP contribution in [0.25, 0.3) is 0 Å². The lowest BCUT2D eigenvalue weighted by atomic mass is 10.1. The van der Waals surface area contributed by atoms with Gasteiger partial charge >= 0.3 is 0 Å². The van der Waals surface area contributed by atoms with Crippen molar-refractivity contribution in [2.45, 2.75) is 57.5 Å². The highest BCUT2D eigenvalue weighted by Gasteiger charge is 2.32. The summed E-state index contributed by atoms with van der Waals surface area (Å²) in [5.41, 5.74) is 1.09. The van der Waals surface area contributed by atoms with Crippen molar-refractivity contribution in [3.8, 4) is 5.75 Å². The van der Waals surface area contributed by atoms with Crippen molar-refractivity contribution in [2.75, 3.05) is 24.0 Å². The SMILES string of the molecule is CCOc1ccc(S(=O)(=O)N(CC(=O)N(CCc2ccccc2)C(C)C(=O)NC(C)CC)c2ccc(F)cc2)cc1. The van der Waals surface area contributed by atoms with E-state index in [0.29, 0.717) is 18.8 Å². The summed E-state index contributed by atoms with van der Waals surface area (Å²) in [6, 6.07) is 19.3. The van der Waals surface area contributed by atoms with Crippen LogP contribution >= 0.6 is 0 Å². The lowest BCUT2D eigenvalue weighted by Crippen LogP contribution is -2.53. The molecule has 0 radical (unpaired) electrons. The molecule has 8 nitrogen and oxygen atoms in total. The Bertz CT molecular complexity index is 1380. The van der Waals surface area contributed by atoms with Gasteiger partial charge in [0.25, 0.3) is 10.0 Å². The first kappa shape index (κ1) is 31.6. The largest absolute Gasteiger partial charge is 0.494 e. The zero-order chi connectivity index (χ0) is 30.0. The number of nitrogens with one attached hydrogen (secondary N) is 1. The first-order valence-electron chi connectivity index (χ1n) is 13.7. The molecule has 3 rings (SSSR count). The van der Waals surface area contributed by atoms with Gasteiger partial charge in [-0.15, -0.1) is 0 Å². The molecule has 220 valence electrons. The third-order valence-electron chi connectivity index (χ3n) is 6.77. The Kier molecular flexibility index (Phi) is 11.3. The quantitative estimate of drug-likeness (QED) is 0.294. The zero-order valence-corrected chi connectivity index (χ0v) is 24.7. The molecule has 0 saturated carbocycles. The fraction of sp³-hybridized carbons (Fsp3) is 0.355. The minimum absolute atomic E-state index is 0.0588. The first-order valence-corrected chi connectivity index (χ1v) is 15.2. The molecule has 0 aliphatic heterocycles. The van der Waals surface area contributed by atoms with Gasteiger partial charge in [-0.2, -0.15) is 0 Å². The average molecular weight is 584 g/mol. The summed E-state index contributed by atoms with van der Waals surface area (Å²) in [5.74, 6) is -0.933. The molecule has 2 atom stereocenters. The van der Waals surface area contributed by atoms with Crippen molar-refractivity contribution in [1.82, 2.24) is 10.2 Å². The van der Waals surface area contributed by atoms with Crippen molar-refractivity contribution >= 4 is 27.5 Å². The Hall–Kier alpha value is -3.92. The molecule has 0 aliphatic rings. The molecule has 2 amide bonds. The fourth-order valence-electron chi connectivity index (χ4n) is 4.17. The van der Waals surface area contributed by atoms with Crippen LogP contribution in [0, 0.1) is 5.82 Å². The van der Waals surface area contributed by atoms with Crippen LogP contribution < -0.4 is 14.4 Å². The number of sulfonamides is 1. The summed E-state index contributed by atoms with van der Waals surface area (Å²) >= 11 is 0. The van der Waals surface area contributed by atoms with Gasteiger partial charge in [-0.3, -0.25) is 13.9 Å². The van der Waals surface area contributed by atoms with Gasteiger partial charge in [0, 0.05) is 12.6 Å². The van der Waals surface area contributed by atoms with E-state index >= 15 is 0 Å². The summed E-state index contributed by atoms with van der Waals surface area (Å²) in [7, 11) is -4.26. The van der Waals surface area contributed by atoms with E-state index in [-0.39, 0.29) is 29.1 Å². The van der Waals surface area contributed by atoms with Crippen LogP contribution in [0.4, 0.5) is 10.1 Å². The first-order chi connectivity index (χ1) is 19.6. The predicted octanol–water partition coefficient (Wildman–Crippen LogP) is 4.79. The van der Waals surface area contributed by atoms with Crippen LogP contribution in [0.2, 0.25) is 0 Å². The second-order valence-electron chi connectivity index (χ2n) is 9.71. The molecular formula is C31H38FN3O5S. The van der Waals surface area contributed by atoms with Crippen molar-refractivity contribution in [2.24, 2.45) is 0 Å².